The first kappa shape index (κ1) is 17.8. The highest BCUT2D eigenvalue weighted by molar-refractivity contribution is 7.90. The molecule has 0 bridgehead atoms. The van der Waals surface area contributed by atoms with E-state index in [-0.39, 0.29) is 11.9 Å². The molecule has 0 spiro atoms. The number of benzene rings is 1. The van der Waals surface area contributed by atoms with Gasteiger partial charge < -0.3 is 0 Å². The number of piperidine rings is 1. The van der Waals surface area contributed by atoms with E-state index in [4.69, 9.17) is 0 Å². The maximum absolute atomic E-state index is 13.2. The van der Waals surface area contributed by atoms with Crippen LogP contribution in [-0.2, 0) is 16.6 Å². The van der Waals surface area contributed by atoms with Crippen molar-refractivity contribution in [1.82, 2.24) is 9.29 Å². The number of anilines is 1. The highest BCUT2D eigenvalue weighted by Crippen LogP contribution is 2.33. The molecule has 134 valence electrons. The predicted octanol–water partition coefficient (Wildman–Crippen LogP) is 3.67. The summed E-state index contributed by atoms with van der Waals surface area (Å²) in [6.07, 6.45) is 3.20. The van der Waals surface area contributed by atoms with Gasteiger partial charge in [-0.3, -0.25) is 4.72 Å². The second-order valence-corrected chi connectivity index (χ2v) is 7.77. The minimum atomic E-state index is -3.74. The van der Waals surface area contributed by atoms with Gasteiger partial charge in [0.2, 0.25) is 0 Å². The summed E-state index contributed by atoms with van der Waals surface area (Å²) in [4.78, 5) is 4.31. The molecule has 0 saturated carbocycles. The van der Waals surface area contributed by atoms with E-state index in [0.29, 0.717) is 12.4 Å². The van der Waals surface area contributed by atoms with Crippen molar-refractivity contribution in [2.75, 3.05) is 11.3 Å². The van der Waals surface area contributed by atoms with Crippen molar-refractivity contribution in [3.8, 4) is 0 Å². The molecule has 1 N–H and O–H groups in total. The quantitative estimate of drug-likeness (QED) is 0.882. The minimum absolute atomic E-state index is 0.291. The largest absolute Gasteiger partial charge is 0.303 e. The van der Waals surface area contributed by atoms with Gasteiger partial charge in [-0.05, 0) is 49.1 Å². The zero-order valence-electron chi connectivity index (χ0n) is 14.2. The van der Waals surface area contributed by atoms with Crippen LogP contribution in [0.1, 0.15) is 43.5 Å². The minimum Gasteiger partial charge on any atom is -0.254 e. The fourth-order valence-electron chi connectivity index (χ4n) is 3.13. The summed E-state index contributed by atoms with van der Waals surface area (Å²) in [5.74, 6) is -0.00421. The normalized spacial score (nSPS) is 18.9. The van der Waals surface area contributed by atoms with Crippen LogP contribution in [0.2, 0.25) is 0 Å². The topological polar surface area (TPSA) is 62.3 Å². The van der Waals surface area contributed by atoms with Crippen LogP contribution in [0.15, 0.2) is 42.5 Å². The summed E-state index contributed by atoms with van der Waals surface area (Å²) < 4.78 is 43.1. The number of halogens is 1. The average molecular weight is 363 g/mol. The first-order valence-electron chi connectivity index (χ1n) is 8.50. The van der Waals surface area contributed by atoms with Crippen molar-refractivity contribution in [3.63, 3.8) is 0 Å². The van der Waals surface area contributed by atoms with E-state index in [9.17, 15) is 12.8 Å². The van der Waals surface area contributed by atoms with Gasteiger partial charge in [0, 0.05) is 12.2 Å². The molecule has 1 atom stereocenters. The molecule has 0 amide bonds. The zero-order chi connectivity index (χ0) is 17.9. The molecule has 25 heavy (non-hydrogen) atoms. The number of nitrogens with one attached hydrogen (secondary N) is 1. The second kappa shape index (κ2) is 7.49. The Balaban J connectivity index is 1.86. The maximum Gasteiger partial charge on any atom is 0.303 e. The van der Waals surface area contributed by atoms with Crippen LogP contribution >= 0.6 is 0 Å². The summed E-state index contributed by atoms with van der Waals surface area (Å²) in [5.41, 5.74) is 1.63. The number of hydrogen-bond donors (Lipinski definition) is 1. The van der Waals surface area contributed by atoms with Crippen LogP contribution < -0.4 is 4.72 Å². The number of hydrogen-bond acceptors (Lipinski definition) is 3. The molecule has 1 fully saturated rings. The van der Waals surface area contributed by atoms with E-state index in [1.54, 1.807) is 24.3 Å². The van der Waals surface area contributed by atoms with Crippen molar-refractivity contribution < 1.29 is 12.8 Å². The average Bonchev–Trinajstić information content (AvgIpc) is 2.62. The summed E-state index contributed by atoms with van der Waals surface area (Å²) in [5, 5.41) is 0. The highest BCUT2D eigenvalue weighted by Gasteiger charge is 2.33. The molecule has 1 aliphatic rings. The number of pyridine rings is 1. The van der Waals surface area contributed by atoms with Crippen molar-refractivity contribution in [1.29, 1.82) is 0 Å². The van der Waals surface area contributed by atoms with Crippen LogP contribution in [0.4, 0.5) is 10.2 Å². The van der Waals surface area contributed by atoms with Crippen molar-refractivity contribution in [3.05, 3.63) is 59.5 Å². The molecule has 3 rings (SSSR count). The fourth-order valence-corrected chi connectivity index (χ4v) is 4.56. The SMILES string of the molecule is CCc1cccc(NS(=O)(=O)N2CCCCC2c2ccc(F)cc2)n1. The van der Waals surface area contributed by atoms with Gasteiger partial charge in [-0.15, -0.1) is 0 Å². The number of aryl methyl sites for hydroxylation is 1. The molecule has 7 heteroatoms. The summed E-state index contributed by atoms with van der Waals surface area (Å²) >= 11 is 0. The second-order valence-electron chi connectivity index (χ2n) is 6.15. The third kappa shape index (κ3) is 4.16. The third-order valence-corrected chi connectivity index (χ3v) is 5.94. The standard InChI is InChI=1S/C18H22FN3O2S/c1-2-16-6-5-8-18(20-16)21-25(23,24)22-13-4-3-7-17(22)14-9-11-15(19)12-10-14/h5-6,8-12,17H,2-4,7,13H2,1H3,(H,20,21). The van der Waals surface area contributed by atoms with Crippen LogP contribution in [0.25, 0.3) is 0 Å². The number of rotatable bonds is 5. The van der Waals surface area contributed by atoms with Crippen LogP contribution in [0, 0.1) is 5.82 Å². The Kier molecular flexibility index (Phi) is 5.34. The Hall–Kier alpha value is -1.99. The molecular weight excluding hydrogens is 341 g/mol. The van der Waals surface area contributed by atoms with Crippen LogP contribution in [-0.4, -0.2) is 24.3 Å². The Morgan fingerprint density at radius 1 is 1.20 bits per heavy atom. The number of nitrogens with zero attached hydrogens (tertiary/aromatic N) is 2. The predicted molar refractivity (Wildman–Crippen MR) is 95.9 cm³/mol. The molecule has 1 saturated heterocycles. The van der Waals surface area contributed by atoms with Gasteiger partial charge in [-0.25, -0.2) is 9.37 Å². The smallest absolute Gasteiger partial charge is 0.254 e. The monoisotopic (exact) mass is 363 g/mol. The van der Waals surface area contributed by atoms with E-state index >= 15 is 0 Å². The molecule has 2 aromatic rings. The molecular formula is C18H22FN3O2S. The third-order valence-electron chi connectivity index (χ3n) is 4.42. The first-order chi connectivity index (χ1) is 12.0. The van der Waals surface area contributed by atoms with Gasteiger partial charge in [0.05, 0.1) is 6.04 Å². The molecule has 0 radical (unpaired) electrons. The first-order valence-corrected chi connectivity index (χ1v) is 9.94. The van der Waals surface area contributed by atoms with Gasteiger partial charge >= 0.3 is 10.2 Å². The zero-order valence-corrected chi connectivity index (χ0v) is 15.0. The summed E-state index contributed by atoms with van der Waals surface area (Å²) in [7, 11) is -3.74. The fraction of sp³-hybridized carbons (Fsp3) is 0.389. The highest BCUT2D eigenvalue weighted by atomic mass is 32.2. The molecule has 0 aliphatic carbocycles. The van der Waals surface area contributed by atoms with E-state index < -0.39 is 10.2 Å². The lowest BCUT2D eigenvalue weighted by Crippen LogP contribution is -2.41. The summed E-state index contributed by atoms with van der Waals surface area (Å²) in [6.45, 7) is 2.40. The van der Waals surface area contributed by atoms with Gasteiger partial charge in [-0.1, -0.05) is 31.5 Å². The van der Waals surface area contributed by atoms with Crippen molar-refractivity contribution in [2.24, 2.45) is 0 Å². The number of aromatic nitrogens is 1. The van der Waals surface area contributed by atoms with E-state index in [1.165, 1.54) is 16.4 Å². The van der Waals surface area contributed by atoms with E-state index in [2.05, 4.69) is 9.71 Å². The van der Waals surface area contributed by atoms with Gasteiger partial charge in [0.1, 0.15) is 11.6 Å². The van der Waals surface area contributed by atoms with E-state index in [0.717, 1.165) is 36.9 Å². The molecule has 5 nitrogen and oxygen atoms in total. The Labute approximate surface area is 148 Å². The maximum atomic E-state index is 13.2. The van der Waals surface area contributed by atoms with Gasteiger partial charge in [0.25, 0.3) is 0 Å². The Bertz CT molecular complexity index is 824. The van der Waals surface area contributed by atoms with Gasteiger partial charge in [-0.2, -0.15) is 12.7 Å². The Morgan fingerprint density at radius 3 is 2.68 bits per heavy atom. The molecule has 1 aromatic carbocycles. The van der Waals surface area contributed by atoms with Crippen LogP contribution in [0.3, 0.4) is 0 Å². The molecule has 1 aliphatic heterocycles. The lowest BCUT2D eigenvalue weighted by Gasteiger charge is -2.34. The van der Waals surface area contributed by atoms with Crippen molar-refractivity contribution in [2.45, 2.75) is 38.6 Å². The molecule has 1 aromatic heterocycles. The molecule has 2 heterocycles. The summed E-state index contributed by atoms with van der Waals surface area (Å²) in [6, 6.07) is 11.1. The lowest BCUT2D eigenvalue weighted by atomic mass is 9.97. The van der Waals surface area contributed by atoms with Crippen LogP contribution in [0.5, 0.6) is 0 Å². The Morgan fingerprint density at radius 2 is 1.96 bits per heavy atom. The van der Waals surface area contributed by atoms with E-state index in [1.807, 2.05) is 13.0 Å². The lowest BCUT2D eigenvalue weighted by molar-refractivity contribution is 0.257. The molecule has 1 unspecified atom stereocenters. The van der Waals surface area contributed by atoms with Crippen molar-refractivity contribution >= 4 is 16.0 Å². The van der Waals surface area contributed by atoms with Gasteiger partial charge in [0.15, 0.2) is 0 Å².